The van der Waals surface area contributed by atoms with Gasteiger partial charge in [-0.15, -0.1) is 0 Å². The molecule has 1 saturated heterocycles. The second-order valence-electron chi connectivity index (χ2n) is 31.8. The molecular formula is C87H94N30O5. The number of methoxy groups -OCH3 is 1. The van der Waals surface area contributed by atoms with Gasteiger partial charge in [0.25, 0.3) is 5.82 Å². The van der Waals surface area contributed by atoms with Gasteiger partial charge >= 0.3 is 0 Å². The molecule has 0 atom stereocenters. The van der Waals surface area contributed by atoms with E-state index in [0.29, 0.717) is 119 Å². The molecule has 35 heteroatoms. The number of carbonyl (C=O) groups excluding carboxylic acids is 4. The minimum absolute atomic E-state index is 0.0239. The van der Waals surface area contributed by atoms with E-state index in [2.05, 4.69) is 123 Å². The Balaban J connectivity index is 0.000000111. The van der Waals surface area contributed by atoms with Crippen LogP contribution in [0.2, 0.25) is 0 Å². The molecule has 21 heterocycles. The highest BCUT2D eigenvalue weighted by Gasteiger charge is 2.31. The van der Waals surface area contributed by atoms with Crippen LogP contribution < -0.4 is 24.9 Å². The SMILES string of the molecule is COCCn1cc2c(n1)N(C)C(=O)CCCn1cc(c(C)n1)-c1c[nH]c3ncc-2cc13.Cc1nn2cc1-c1c[nH]c3ncc(cc13)-c1cn(C)nc1N(C)C(=O)CCC2.Cc1nn2cc1-c1c[nH]c3ncc(cc13)-c1cn(C3CCNCC3)nc1N(C)C(=O)CCC2.[C-]#[N+]c1c2c(nn1C)N(C)C(=O)CCCn1cc(c(C)n1)-c1c[nH]c3ncc-2cc13. The second-order valence-corrected chi connectivity index (χ2v) is 31.8. The Kier molecular flexibility index (Phi) is 21.0. The molecule has 5 aliphatic heterocycles. The molecule has 4 amide bonds. The number of aromatic amines is 4. The van der Waals surface area contributed by atoms with Crippen LogP contribution in [-0.2, 0) is 70.7 Å². The lowest BCUT2D eigenvalue weighted by atomic mass is 10.0. The molecule has 122 heavy (non-hydrogen) atoms. The van der Waals surface area contributed by atoms with Crippen LogP contribution in [0.25, 0.3) is 138 Å². The van der Waals surface area contributed by atoms with Crippen LogP contribution in [0.15, 0.2) is 117 Å². The number of aryl methyl sites for hydroxylation is 10. The molecule has 0 aliphatic carbocycles. The minimum Gasteiger partial charge on any atom is -0.383 e. The predicted molar refractivity (Wildman–Crippen MR) is 465 cm³/mol. The first-order valence-electron chi connectivity index (χ1n) is 41.1. The Bertz CT molecular complexity index is 6770. The zero-order valence-electron chi connectivity index (χ0n) is 70.0. The van der Waals surface area contributed by atoms with E-state index >= 15 is 0 Å². The number of amides is 4. The van der Waals surface area contributed by atoms with Crippen molar-refractivity contribution < 1.29 is 23.9 Å². The predicted octanol–water partition coefficient (Wildman–Crippen LogP) is 12.6. The lowest BCUT2D eigenvalue weighted by Crippen LogP contribution is -2.30. The number of ether oxygens (including phenoxy) is 1. The lowest BCUT2D eigenvalue weighted by Gasteiger charge is -2.23. The number of nitrogens with zero attached hydrogens (tertiary/aromatic N) is 25. The van der Waals surface area contributed by atoms with E-state index in [1.165, 1.54) is 9.58 Å². The van der Waals surface area contributed by atoms with E-state index in [4.69, 9.17) is 26.5 Å². The van der Waals surface area contributed by atoms with Crippen molar-refractivity contribution in [2.24, 2.45) is 14.1 Å². The normalized spacial score (nSPS) is 15.2. The van der Waals surface area contributed by atoms with E-state index in [-0.39, 0.29) is 23.6 Å². The van der Waals surface area contributed by atoms with Crippen molar-refractivity contribution in [3.63, 3.8) is 0 Å². The van der Waals surface area contributed by atoms with E-state index in [0.717, 1.165) is 189 Å². The minimum atomic E-state index is -0.0524. The number of hydrogen-bond donors (Lipinski definition) is 5. The van der Waals surface area contributed by atoms with E-state index < -0.39 is 0 Å². The van der Waals surface area contributed by atoms with E-state index in [1.54, 1.807) is 60.9 Å². The molecule has 0 spiro atoms. The third-order valence-electron chi connectivity index (χ3n) is 23.7. The van der Waals surface area contributed by atoms with Crippen molar-refractivity contribution in [1.29, 1.82) is 0 Å². The first kappa shape index (κ1) is 78.9. The number of piperidine rings is 1. The molecule has 0 saturated carbocycles. The standard InChI is InChI=1S/C24H28N8O.C22H25N7O2.C21H20N8O.C20H21N7O/c1-15-20-13-31(28-15)9-3-4-22(33)30(2)24-21(14-32(29-24)17-5-7-25-8-6-17)16-10-18-19(20)12-27-23(18)26-11-16;1-14-18-12-28(25-14)6-4-5-20(30)27(2)22-19(13-29(26-22)7-8-31-3)15-9-16-17(18)11-24-21(16)23-10-15;1-12-16-11-29(25-12)7-5-6-17(30)27(3)21-18(20(22-2)28(4)26-21)13-8-14-15(16)10-24-19(14)23-9-13;1-12-16-11-27(23-12)6-4-5-18(28)26(3)20-17(10-25(2)24-20)13-7-14-15(16)9-22-19(14)21-8-13/h10-14,17,25H,3-9H2,1-2H3,(H,26,27);9-13H,4-8H2,1-3H3,(H,23,24);8-11H,5-7H2,1,3-4H3,(H,23,24);7-11H,4-6H2,1-3H3,(H,21,22). The van der Waals surface area contributed by atoms with Crippen molar-refractivity contribution in [2.75, 3.05) is 74.6 Å². The molecule has 5 N–H and O–H groups in total. The lowest BCUT2D eigenvalue weighted by molar-refractivity contribution is -0.119. The maximum absolute atomic E-state index is 13.1. The number of fused-ring (bicyclic) bond motifs is 24. The zero-order valence-corrected chi connectivity index (χ0v) is 70.0. The summed E-state index contributed by atoms with van der Waals surface area (Å²) >= 11 is 0. The Morgan fingerprint density at radius 1 is 0.418 bits per heavy atom. The summed E-state index contributed by atoms with van der Waals surface area (Å²) in [6.07, 6.45) is 35.9. The molecule has 16 aromatic heterocycles. The fourth-order valence-electron chi connectivity index (χ4n) is 17.1. The van der Waals surface area contributed by atoms with Crippen molar-refractivity contribution in [1.82, 2.24) is 123 Å². The molecule has 16 aromatic rings. The number of nitrogens with one attached hydrogen (secondary N) is 5. The molecule has 622 valence electrons. The van der Waals surface area contributed by atoms with Gasteiger partial charge in [0.1, 0.15) is 22.6 Å². The summed E-state index contributed by atoms with van der Waals surface area (Å²) in [5.74, 6) is 2.89. The van der Waals surface area contributed by atoms with Crippen LogP contribution >= 0.6 is 0 Å². The number of pyridine rings is 4. The van der Waals surface area contributed by atoms with Gasteiger partial charge in [0, 0.05) is 287 Å². The van der Waals surface area contributed by atoms with E-state index in [9.17, 15) is 19.2 Å². The van der Waals surface area contributed by atoms with E-state index in [1.807, 2.05) is 133 Å². The van der Waals surface area contributed by atoms with Gasteiger partial charge < -0.3 is 34.8 Å². The van der Waals surface area contributed by atoms with Crippen LogP contribution in [0.1, 0.15) is 93.0 Å². The molecule has 0 aromatic carbocycles. The number of hydrogen-bond acceptors (Lipinski definition) is 18. The van der Waals surface area contributed by atoms with Crippen molar-refractivity contribution in [3.8, 4) is 89.0 Å². The topological polar surface area (TPSA) is 364 Å². The van der Waals surface area contributed by atoms with Crippen LogP contribution in [0.5, 0.6) is 0 Å². The average molecular weight is 1640 g/mol. The molecule has 0 radical (unpaired) electrons. The Morgan fingerprint density at radius 3 is 1.18 bits per heavy atom. The summed E-state index contributed by atoms with van der Waals surface area (Å²) in [5.41, 5.74) is 22.5. The van der Waals surface area contributed by atoms with Crippen LogP contribution in [0, 0.1) is 34.3 Å². The summed E-state index contributed by atoms with van der Waals surface area (Å²) in [7, 11) is 12.3. The van der Waals surface area contributed by atoms with Crippen molar-refractivity contribution in [3.05, 3.63) is 151 Å². The highest BCUT2D eigenvalue weighted by molar-refractivity contribution is 6.05. The molecule has 5 aliphatic rings. The van der Waals surface area contributed by atoms with Crippen LogP contribution in [0.4, 0.5) is 29.1 Å². The first-order valence-corrected chi connectivity index (χ1v) is 41.1. The quantitative estimate of drug-likeness (QED) is 0.102. The molecular weight excluding hydrogens is 1550 g/mol. The zero-order chi connectivity index (χ0) is 84.5. The van der Waals surface area contributed by atoms with Gasteiger partial charge in [-0.05, 0) is 109 Å². The fraction of sp³-hybridized carbons (Fsp3) is 0.345. The summed E-state index contributed by atoms with van der Waals surface area (Å²) in [4.78, 5) is 93.5. The Morgan fingerprint density at radius 2 is 0.779 bits per heavy atom. The first-order chi connectivity index (χ1) is 59.1. The number of aromatic nitrogens is 24. The highest BCUT2D eigenvalue weighted by atomic mass is 16.5. The Hall–Kier alpha value is -14.3. The van der Waals surface area contributed by atoms with Gasteiger partial charge in [-0.3, -0.25) is 71.6 Å². The van der Waals surface area contributed by atoms with Gasteiger partial charge in [0.05, 0.1) is 54.6 Å². The second kappa shape index (κ2) is 32.5. The summed E-state index contributed by atoms with van der Waals surface area (Å²) < 4.78 is 20.0. The highest BCUT2D eigenvalue weighted by Crippen LogP contribution is 2.44. The maximum Gasteiger partial charge on any atom is 0.262 e. The fourth-order valence-corrected chi connectivity index (χ4v) is 17.1. The van der Waals surface area contributed by atoms with Crippen molar-refractivity contribution >= 4 is 96.9 Å². The van der Waals surface area contributed by atoms with Gasteiger partial charge in [-0.2, -0.15) is 40.4 Å². The summed E-state index contributed by atoms with van der Waals surface area (Å²) in [6.45, 7) is 21.5. The number of carbonyl (C=O) groups is 4. The van der Waals surface area contributed by atoms with Gasteiger partial charge in [-0.25, -0.2) is 19.9 Å². The summed E-state index contributed by atoms with van der Waals surface area (Å²) in [6, 6.07) is 8.70. The van der Waals surface area contributed by atoms with Gasteiger partial charge in [0.2, 0.25) is 23.6 Å². The molecule has 16 bridgehead atoms. The van der Waals surface area contributed by atoms with Crippen LogP contribution in [-0.4, -0.2) is 197 Å². The number of H-pyrrole nitrogens is 4. The smallest absolute Gasteiger partial charge is 0.262 e. The maximum atomic E-state index is 13.1. The third-order valence-corrected chi connectivity index (χ3v) is 23.7. The average Bonchev–Trinajstić information content (AvgIpc) is 1.10. The van der Waals surface area contributed by atoms with Crippen LogP contribution in [0.3, 0.4) is 0 Å². The largest absolute Gasteiger partial charge is 0.383 e. The van der Waals surface area contributed by atoms with Crippen molar-refractivity contribution in [2.45, 2.75) is 131 Å². The number of rotatable bonds is 4. The van der Waals surface area contributed by atoms with Gasteiger partial charge in [-0.1, -0.05) is 11.7 Å². The number of anilines is 4. The monoisotopic (exact) mass is 1640 g/mol. The molecule has 21 rings (SSSR count). The third kappa shape index (κ3) is 14.8. The summed E-state index contributed by atoms with van der Waals surface area (Å²) in [5, 5.41) is 44.7. The van der Waals surface area contributed by atoms with Gasteiger partial charge in [0.15, 0.2) is 23.3 Å². The molecule has 35 nitrogen and oxygen atoms in total. The molecule has 1 fully saturated rings. The Labute approximate surface area is 700 Å². The molecule has 0 unspecified atom stereocenters.